The van der Waals surface area contributed by atoms with Gasteiger partial charge >= 0.3 is 0 Å². The van der Waals surface area contributed by atoms with Crippen LogP contribution in [0.25, 0.3) is 0 Å². The molecule has 0 fully saturated rings. The van der Waals surface area contributed by atoms with E-state index in [-0.39, 0.29) is 4.90 Å². The van der Waals surface area contributed by atoms with Crippen molar-refractivity contribution < 1.29 is 17.2 Å². The maximum Gasteiger partial charge on any atom is 0.279 e. The lowest BCUT2D eigenvalue weighted by molar-refractivity contribution is 0.0615. The third-order valence-electron chi connectivity index (χ3n) is 2.13. The first-order chi connectivity index (χ1) is 7.77. The van der Waals surface area contributed by atoms with Crippen LogP contribution >= 0.6 is 0 Å². The molecule has 0 aliphatic heterocycles. The largest absolute Gasteiger partial charge is 0.279 e. The molecule has 94 valence electrons. The summed E-state index contributed by atoms with van der Waals surface area (Å²) >= 11 is 0. The monoisotopic (exact) mass is 261 g/mol. The summed E-state index contributed by atoms with van der Waals surface area (Å²) in [6, 6.07) is 5.92. The lowest BCUT2D eigenvalue weighted by Crippen LogP contribution is -2.35. The van der Waals surface area contributed by atoms with Crippen LogP contribution in [0.2, 0.25) is 0 Å². The van der Waals surface area contributed by atoms with Crippen LogP contribution in [0.5, 0.6) is 0 Å². The molecule has 0 aliphatic carbocycles. The maximum atomic E-state index is 12.8. The first kappa shape index (κ1) is 13.8. The Morgan fingerprint density at radius 2 is 1.88 bits per heavy atom. The van der Waals surface area contributed by atoms with Gasteiger partial charge in [0.15, 0.2) is 0 Å². The van der Waals surface area contributed by atoms with E-state index in [1.807, 2.05) is 4.72 Å². The van der Waals surface area contributed by atoms with E-state index in [1.54, 1.807) is 19.1 Å². The number of aryl methyl sites for hydroxylation is 1. The molecule has 0 saturated carbocycles. The molecule has 0 saturated heterocycles. The zero-order valence-electron chi connectivity index (χ0n) is 9.28. The van der Waals surface area contributed by atoms with Crippen molar-refractivity contribution in [3.8, 4) is 0 Å². The summed E-state index contributed by atoms with van der Waals surface area (Å²) in [6.45, 7) is 3.74. The highest BCUT2D eigenvalue weighted by molar-refractivity contribution is 7.89. The van der Waals surface area contributed by atoms with E-state index in [0.29, 0.717) is 6.08 Å². The normalized spacial score (nSPS) is 12.4. The summed E-state index contributed by atoms with van der Waals surface area (Å²) in [6.07, 6.45) is 0.407. The molecule has 0 bridgehead atoms. The Bertz CT molecular complexity index is 495. The average Bonchev–Trinajstić information content (AvgIpc) is 2.27. The zero-order valence-corrected chi connectivity index (χ0v) is 10.1. The molecule has 1 aromatic rings. The van der Waals surface area contributed by atoms with Crippen LogP contribution in [0.4, 0.5) is 8.78 Å². The number of hydrogen-bond donors (Lipinski definition) is 1. The van der Waals surface area contributed by atoms with E-state index in [2.05, 4.69) is 6.58 Å². The maximum absolute atomic E-state index is 12.8. The standard InChI is InChI=1S/C11H13F2NO2S/c1-3-11(12,13)8-14-17(15,16)10-6-4-9(2)5-7-10/h3-7,14H,1,8H2,2H3. The Balaban J connectivity index is 2.83. The SMILES string of the molecule is C=CC(F)(F)CNS(=O)(=O)c1ccc(C)cc1. The van der Waals surface area contributed by atoms with Gasteiger partial charge in [0.2, 0.25) is 10.0 Å². The van der Waals surface area contributed by atoms with Crippen molar-refractivity contribution in [1.29, 1.82) is 0 Å². The molecule has 17 heavy (non-hydrogen) atoms. The van der Waals surface area contributed by atoms with Crippen LogP contribution < -0.4 is 4.72 Å². The minimum absolute atomic E-state index is 0.0389. The van der Waals surface area contributed by atoms with E-state index in [1.165, 1.54) is 12.1 Å². The molecule has 0 radical (unpaired) electrons. The van der Waals surface area contributed by atoms with Gasteiger partial charge in [0.25, 0.3) is 5.92 Å². The third kappa shape index (κ3) is 3.90. The number of nitrogens with one attached hydrogen (secondary N) is 1. The summed E-state index contributed by atoms with van der Waals surface area (Å²) in [5.41, 5.74) is 0.889. The van der Waals surface area contributed by atoms with E-state index in [0.717, 1.165) is 5.56 Å². The second kappa shape index (κ2) is 4.93. The molecule has 6 heteroatoms. The summed E-state index contributed by atoms with van der Waals surface area (Å²) < 4.78 is 50.7. The number of sulfonamides is 1. The molecule has 0 aliphatic rings. The third-order valence-corrected chi connectivity index (χ3v) is 3.54. The van der Waals surface area contributed by atoms with Gasteiger partial charge in [-0.05, 0) is 25.1 Å². The van der Waals surface area contributed by atoms with Gasteiger partial charge in [-0.1, -0.05) is 24.3 Å². The fraction of sp³-hybridized carbons (Fsp3) is 0.273. The van der Waals surface area contributed by atoms with Crippen molar-refractivity contribution in [2.24, 2.45) is 0 Å². The Morgan fingerprint density at radius 3 is 2.35 bits per heavy atom. The fourth-order valence-electron chi connectivity index (χ4n) is 1.06. The van der Waals surface area contributed by atoms with Gasteiger partial charge in [-0.25, -0.2) is 21.9 Å². The van der Waals surface area contributed by atoms with E-state index < -0.39 is 22.5 Å². The lowest BCUT2D eigenvalue weighted by atomic mass is 10.2. The Hall–Kier alpha value is -1.27. The van der Waals surface area contributed by atoms with Gasteiger partial charge in [-0.3, -0.25) is 0 Å². The average molecular weight is 261 g/mol. The minimum atomic E-state index is -3.90. The molecule has 1 N–H and O–H groups in total. The van der Waals surface area contributed by atoms with E-state index >= 15 is 0 Å². The Morgan fingerprint density at radius 1 is 1.35 bits per heavy atom. The number of hydrogen-bond acceptors (Lipinski definition) is 2. The molecule has 0 atom stereocenters. The molecular weight excluding hydrogens is 248 g/mol. The first-order valence-electron chi connectivity index (χ1n) is 4.84. The van der Waals surface area contributed by atoms with Crippen LogP contribution in [0.15, 0.2) is 41.8 Å². The molecule has 0 amide bonds. The van der Waals surface area contributed by atoms with Crippen LogP contribution in [0.1, 0.15) is 5.56 Å². The predicted molar refractivity (Wildman–Crippen MR) is 61.5 cm³/mol. The summed E-state index contributed by atoms with van der Waals surface area (Å²) in [5.74, 6) is -3.25. The highest BCUT2D eigenvalue weighted by Gasteiger charge is 2.27. The molecule has 1 rings (SSSR count). The van der Waals surface area contributed by atoms with Crippen molar-refractivity contribution in [2.45, 2.75) is 17.7 Å². The lowest BCUT2D eigenvalue weighted by Gasteiger charge is -2.12. The van der Waals surface area contributed by atoms with Crippen LogP contribution in [-0.4, -0.2) is 20.9 Å². The van der Waals surface area contributed by atoms with Crippen LogP contribution in [0.3, 0.4) is 0 Å². The first-order valence-corrected chi connectivity index (χ1v) is 6.33. The van der Waals surface area contributed by atoms with Crippen molar-refractivity contribution in [3.05, 3.63) is 42.5 Å². The fourth-order valence-corrected chi connectivity index (χ4v) is 2.11. The van der Waals surface area contributed by atoms with Crippen LogP contribution in [-0.2, 0) is 10.0 Å². The number of halogens is 2. The van der Waals surface area contributed by atoms with Crippen LogP contribution in [0, 0.1) is 6.92 Å². The molecular formula is C11H13F2NO2S. The second-order valence-electron chi connectivity index (χ2n) is 3.60. The molecule has 0 unspecified atom stereocenters. The van der Waals surface area contributed by atoms with Gasteiger partial charge < -0.3 is 0 Å². The smallest absolute Gasteiger partial charge is 0.207 e. The second-order valence-corrected chi connectivity index (χ2v) is 5.37. The van der Waals surface area contributed by atoms with Gasteiger partial charge in [0.1, 0.15) is 0 Å². The van der Waals surface area contributed by atoms with Crippen molar-refractivity contribution in [3.63, 3.8) is 0 Å². The quantitative estimate of drug-likeness (QED) is 0.825. The van der Waals surface area contributed by atoms with Crippen molar-refractivity contribution in [2.75, 3.05) is 6.54 Å². The minimum Gasteiger partial charge on any atom is -0.207 e. The van der Waals surface area contributed by atoms with Crippen molar-refractivity contribution >= 4 is 10.0 Å². The number of alkyl halides is 2. The van der Waals surface area contributed by atoms with E-state index in [4.69, 9.17) is 0 Å². The summed E-state index contributed by atoms with van der Waals surface area (Å²) in [7, 11) is -3.90. The zero-order chi connectivity index (χ0) is 13.1. The Kier molecular flexibility index (Phi) is 4.00. The molecule has 0 spiro atoms. The van der Waals surface area contributed by atoms with Gasteiger partial charge in [0, 0.05) is 0 Å². The van der Waals surface area contributed by atoms with E-state index in [9.17, 15) is 17.2 Å². The van der Waals surface area contributed by atoms with Gasteiger partial charge in [-0.15, -0.1) is 0 Å². The summed E-state index contributed by atoms with van der Waals surface area (Å²) in [5, 5.41) is 0. The molecule has 3 nitrogen and oxygen atoms in total. The molecule has 1 aromatic carbocycles. The topological polar surface area (TPSA) is 46.2 Å². The summed E-state index contributed by atoms with van der Waals surface area (Å²) in [4.78, 5) is -0.0389. The van der Waals surface area contributed by atoms with Gasteiger partial charge in [0.05, 0.1) is 11.4 Å². The molecule has 0 aromatic heterocycles. The molecule has 0 heterocycles. The number of rotatable bonds is 5. The highest BCUT2D eigenvalue weighted by atomic mass is 32.2. The Labute approximate surface area is 99.2 Å². The predicted octanol–water partition coefficient (Wildman–Crippen LogP) is 2.09. The number of benzene rings is 1. The van der Waals surface area contributed by atoms with Gasteiger partial charge in [-0.2, -0.15) is 0 Å². The highest BCUT2D eigenvalue weighted by Crippen LogP contribution is 2.15. The van der Waals surface area contributed by atoms with Crippen molar-refractivity contribution in [1.82, 2.24) is 4.72 Å².